The molecule has 2 heterocycles. The monoisotopic (exact) mass is 418 g/mol. The van der Waals surface area contributed by atoms with Gasteiger partial charge >= 0.3 is 0 Å². The van der Waals surface area contributed by atoms with Crippen molar-refractivity contribution in [3.8, 4) is 11.3 Å². The minimum atomic E-state index is -0.274. The van der Waals surface area contributed by atoms with Crippen LogP contribution in [-0.4, -0.2) is 47.2 Å². The molecule has 0 atom stereocenters. The van der Waals surface area contributed by atoms with Crippen LogP contribution < -0.4 is 4.90 Å². The Labute approximate surface area is 171 Å². The Morgan fingerprint density at radius 1 is 1.00 bits per heavy atom. The highest BCUT2D eigenvalue weighted by Gasteiger charge is 2.25. The van der Waals surface area contributed by atoms with Crippen LogP contribution in [0.3, 0.4) is 0 Å². The van der Waals surface area contributed by atoms with Crippen LogP contribution in [0.15, 0.2) is 48.5 Å². The average molecular weight is 419 g/mol. The van der Waals surface area contributed by atoms with Crippen LogP contribution >= 0.6 is 23.2 Å². The molecular weight excluding hydrogens is 402 g/mol. The Morgan fingerprint density at radius 3 is 2.43 bits per heavy atom. The van der Waals surface area contributed by atoms with E-state index in [1.165, 1.54) is 12.1 Å². The standard InChI is InChI=1S/C20H17Cl2FN4O/c21-14-3-6-17(22)16(11-14)20(28)27-9-7-26(8-10-27)19-12-18(24-25-19)13-1-4-15(23)5-2-13/h1-6,11-12H,7-10H2,(H,24,25). The summed E-state index contributed by atoms with van der Waals surface area (Å²) in [6.07, 6.45) is 0. The molecule has 1 aliphatic heterocycles. The van der Waals surface area contributed by atoms with E-state index >= 15 is 0 Å². The first-order valence-electron chi connectivity index (χ1n) is 8.82. The van der Waals surface area contributed by atoms with Crippen molar-refractivity contribution < 1.29 is 9.18 Å². The summed E-state index contributed by atoms with van der Waals surface area (Å²) in [5.41, 5.74) is 2.10. The zero-order valence-corrected chi connectivity index (χ0v) is 16.3. The smallest absolute Gasteiger partial charge is 0.255 e. The van der Waals surface area contributed by atoms with E-state index in [-0.39, 0.29) is 11.7 Å². The first-order chi connectivity index (χ1) is 13.5. The number of benzene rings is 2. The van der Waals surface area contributed by atoms with Crippen molar-refractivity contribution >= 4 is 34.9 Å². The number of hydrogen-bond donors (Lipinski definition) is 1. The molecule has 4 rings (SSSR count). The zero-order valence-electron chi connectivity index (χ0n) is 14.8. The molecule has 0 aliphatic carbocycles. The second kappa shape index (κ2) is 7.81. The summed E-state index contributed by atoms with van der Waals surface area (Å²) < 4.78 is 13.1. The summed E-state index contributed by atoms with van der Waals surface area (Å²) in [5, 5.41) is 8.22. The molecule has 1 N–H and O–H groups in total. The fourth-order valence-corrected chi connectivity index (χ4v) is 3.59. The molecule has 28 heavy (non-hydrogen) atoms. The van der Waals surface area contributed by atoms with E-state index in [0.717, 1.165) is 17.1 Å². The third-order valence-electron chi connectivity index (χ3n) is 4.77. The zero-order chi connectivity index (χ0) is 19.7. The van der Waals surface area contributed by atoms with Crippen LogP contribution in [0.1, 0.15) is 10.4 Å². The highest BCUT2D eigenvalue weighted by molar-refractivity contribution is 6.35. The predicted molar refractivity (Wildman–Crippen MR) is 109 cm³/mol. The minimum Gasteiger partial charge on any atom is -0.352 e. The second-order valence-electron chi connectivity index (χ2n) is 6.55. The normalized spacial score (nSPS) is 14.4. The van der Waals surface area contributed by atoms with E-state index < -0.39 is 0 Å². The largest absolute Gasteiger partial charge is 0.352 e. The van der Waals surface area contributed by atoms with Crippen LogP contribution in [0.2, 0.25) is 10.0 Å². The third kappa shape index (κ3) is 3.84. The van der Waals surface area contributed by atoms with E-state index in [2.05, 4.69) is 15.1 Å². The highest BCUT2D eigenvalue weighted by Crippen LogP contribution is 2.25. The van der Waals surface area contributed by atoms with Gasteiger partial charge in [0, 0.05) is 37.3 Å². The van der Waals surface area contributed by atoms with Gasteiger partial charge in [-0.05, 0) is 48.0 Å². The van der Waals surface area contributed by atoms with Crippen molar-refractivity contribution in [2.24, 2.45) is 0 Å². The summed E-state index contributed by atoms with van der Waals surface area (Å²) >= 11 is 12.1. The van der Waals surface area contributed by atoms with Gasteiger partial charge in [-0.25, -0.2) is 4.39 Å². The van der Waals surface area contributed by atoms with Crippen molar-refractivity contribution in [3.05, 3.63) is 70.0 Å². The van der Waals surface area contributed by atoms with Gasteiger partial charge in [-0.3, -0.25) is 9.89 Å². The lowest BCUT2D eigenvalue weighted by Crippen LogP contribution is -2.49. The van der Waals surface area contributed by atoms with Crippen LogP contribution in [0.5, 0.6) is 0 Å². The Bertz CT molecular complexity index is 998. The van der Waals surface area contributed by atoms with E-state index in [0.29, 0.717) is 41.8 Å². The fourth-order valence-electron chi connectivity index (χ4n) is 3.22. The molecule has 0 bridgehead atoms. The fraction of sp³-hybridized carbons (Fsp3) is 0.200. The molecule has 5 nitrogen and oxygen atoms in total. The molecule has 8 heteroatoms. The molecule has 1 saturated heterocycles. The van der Waals surface area contributed by atoms with Crippen molar-refractivity contribution in [2.45, 2.75) is 0 Å². The number of halogens is 3. The van der Waals surface area contributed by atoms with Gasteiger partial charge in [0.05, 0.1) is 16.3 Å². The van der Waals surface area contributed by atoms with Gasteiger partial charge in [0.2, 0.25) is 0 Å². The van der Waals surface area contributed by atoms with Gasteiger partial charge in [-0.2, -0.15) is 5.10 Å². The number of carbonyl (C=O) groups excluding carboxylic acids is 1. The summed E-state index contributed by atoms with van der Waals surface area (Å²) in [5.74, 6) is 0.400. The molecule has 0 saturated carbocycles. The lowest BCUT2D eigenvalue weighted by Gasteiger charge is -2.35. The first-order valence-corrected chi connectivity index (χ1v) is 9.57. The first kappa shape index (κ1) is 18.8. The van der Waals surface area contributed by atoms with Crippen LogP contribution in [-0.2, 0) is 0 Å². The predicted octanol–water partition coefficient (Wildman–Crippen LogP) is 4.49. The minimum absolute atomic E-state index is 0.124. The van der Waals surface area contributed by atoms with E-state index in [9.17, 15) is 9.18 Å². The van der Waals surface area contributed by atoms with Gasteiger partial charge in [0.1, 0.15) is 5.82 Å². The van der Waals surface area contributed by atoms with E-state index in [1.807, 2.05) is 6.07 Å². The average Bonchev–Trinajstić information content (AvgIpc) is 3.20. The van der Waals surface area contributed by atoms with Crippen molar-refractivity contribution in [3.63, 3.8) is 0 Å². The number of carbonyl (C=O) groups is 1. The number of nitrogens with zero attached hydrogens (tertiary/aromatic N) is 3. The SMILES string of the molecule is O=C(c1cc(Cl)ccc1Cl)N1CCN(c2cc(-c3ccc(F)cc3)[nH]n2)CC1. The Balaban J connectivity index is 1.42. The molecular formula is C20H17Cl2FN4O. The molecule has 1 aliphatic rings. The van der Waals surface area contributed by atoms with Gasteiger partial charge in [0.25, 0.3) is 5.91 Å². The second-order valence-corrected chi connectivity index (χ2v) is 7.39. The maximum atomic E-state index is 13.1. The molecule has 0 radical (unpaired) electrons. The van der Waals surface area contributed by atoms with Crippen molar-refractivity contribution in [1.29, 1.82) is 0 Å². The Kier molecular flexibility index (Phi) is 5.24. The molecule has 144 valence electrons. The maximum Gasteiger partial charge on any atom is 0.255 e. The number of aromatic nitrogens is 2. The number of rotatable bonds is 3. The van der Waals surface area contributed by atoms with Crippen LogP contribution in [0.4, 0.5) is 10.2 Å². The molecule has 3 aromatic rings. The molecule has 0 unspecified atom stereocenters. The van der Waals surface area contributed by atoms with E-state index in [4.69, 9.17) is 23.2 Å². The van der Waals surface area contributed by atoms with Crippen molar-refractivity contribution in [2.75, 3.05) is 31.1 Å². The quantitative estimate of drug-likeness (QED) is 0.681. The number of nitrogens with one attached hydrogen (secondary N) is 1. The van der Waals surface area contributed by atoms with Crippen LogP contribution in [0, 0.1) is 5.82 Å². The number of piperazine rings is 1. The van der Waals surface area contributed by atoms with Crippen LogP contribution in [0.25, 0.3) is 11.3 Å². The lowest BCUT2D eigenvalue weighted by molar-refractivity contribution is 0.0746. The molecule has 1 amide bonds. The lowest BCUT2D eigenvalue weighted by atomic mass is 10.1. The number of aromatic amines is 1. The van der Waals surface area contributed by atoms with Gasteiger partial charge in [0.15, 0.2) is 5.82 Å². The summed E-state index contributed by atoms with van der Waals surface area (Å²) in [4.78, 5) is 16.6. The number of H-pyrrole nitrogens is 1. The van der Waals surface area contributed by atoms with Crippen molar-refractivity contribution in [1.82, 2.24) is 15.1 Å². The molecule has 1 aromatic heterocycles. The highest BCUT2D eigenvalue weighted by atomic mass is 35.5. The third-order valence-corrected chi connectivity index (χ3v) is 5.33. The van der Waals surface area contributed by atoms with Gasteiger partial charge < -0.3 is 9.80 Å². The Morgan fingerprint density at radius 2 is 1.71 bits per heavy atom. The Hall–Kier alpha value is -2.57. The summed E-state index contributed by atoms with van der Waals surface area (Å²) in [6.45, 7) is 2.41. The topological polar surface area (TPSA) is 52.2 Å². The molecule has 2 aromatic carbocycles. The maximum absolute atomic E-state index is 13.1. The van der Waals surface area contributed by atoms with E-state index in [1.54, 1.807) is 35.2 Å². The summed E-state index contributed by atoms with van der Waals surface area (Å²) in [6, 6.07) is 13.1. The summed E-state index contributed by atoms with van der Waals surface area (Å²) in [7, 11) is 0. The molecule has 1 fully saturated rings. The number of hydrogen-bond acceptors (Lipinski definition) is 3. The number of anilines is 1. The molecule has 0 spiro atoms. The number of amides is 1. The van der Waals surface area contributed by atoms with Gasteiger partial charge in [-0.1, -0.05) is 23.2 Å². The van der Waals surface area contributed by atoms with Gasteiger partial charge in [-0.15, -0.1) is 0 Å².